The minimum absolute atomic E-state index is 0.0110. The van der Waals surface area contributed by atoms with Crippen LogP contribution in [0.1, 0.15) is 406 Å². The first-order valence-electron chi connectivity index (χ1n) is 36.8. The molecule has 0 fully saturated rings. The van der Waals surface area contributed by atoms with Gasteiger partial charge in [-0.15, -0.1) is 0 Å². The lowest BCUT2D eigenvalue weighted by Crippen LogP contribution is -2.45. The van der Waals surface area contributed by atoms with E-state index in [1.807, 2.05) is 6.08 Å². The molecule has 0 aromatic rings. The van der Waals surface area contributed by atoms with Crippen molar-refractivity contribution in [2.45, 2.75) is 418 Å². The van der Waals surface area contributed by atoms with Crippen LogP contribution in [0.4, 0.5) is 0 Å². The van der Waals surface area contributed by atoms with Crippen molar-refractivity contribution < 1.29 is 24.5 Å². The standard InChI is InChI=1S/C75H143NO5/c1-3-5-7-9-11-13-15-17-19-39-43-47-51-55-59-63-67-73(78)72(71-77)76-74(79)68-64-60-56-52-48-44-40-37-35-33-31-29-27-25-23-21-22-24-26-28-30-32-34-36-38-42-46-50-54-58-62-66-70-81-75(80)69-65-61-57-53-49-45-41-20-18-16-14-12-10-8-6-4-2/h20,24,26,41,63,67,72-73,77-78H,3-19,21-23,25,27-40,42-62,64-66,68-71H2,1-2H3,(H,76,79)/b26-24-,41-20-,67-63+. The Kier molecular flexibility index (Phi) is 68.9. The molecule has 0 aromatic heterocycles. The van der Waals surface area contributed by atoms with E-state index in [1.165, 1.54) is 334 Å². The van der Waals surface area contributed by atoms with Crippen LogP contribution in [0, 0.1) is 0 Å². The minimum Gasteiger partial charge on any atom is -0.466 e. The Morgan fingerprint density at radius 1 is 0.333 bits per heavy atom. The normalized spacial score (nSPS) is 12.7. The summed E-state index contributed by atoms with van der Waals surface area (Å²) in [6, 6.07) is -0.626. The molecule has 3 N–H and O–H groups in total. The first kappa shape index (κ1) is 79.1. The van der Waals surface area contributed by atoms with Crippen molar-refractivity contribution in [3.63, 3.8) is 0 Å². The summed E-state index contributed by atoms with van der Waals surface area (Å²) in [6.07, 6.45) is 91.0. The average molecular weight is 1140 g/mol. The molecule has 0 heterocycles. The number of unbranched alkanes of at least 4 members (excludes halogenated alkanes) is 54. The average Bonchev–Trinajstić information content (AvgIpc) is 3.47. The Balaban J connectivity index is 3.37. The lowest BCUT2D eigenvalue weighted by molar-refractivity contribution is -0.143. The lowest BCUT2D eigenvalue weighted by Gasteiger charge is -2.20. The third-order valence-electron chi connectivity index (χ3n) is 17.1. The summed E-state index contributed by atoms with van der Waals surface area (Å²) >= 11 is 0. The number of carbonyl (C=O) groups excluding carboxylic acids is 2. The van der Waals surface area contributed by atoms with Crippen molar-refractivity contribution in [1.82, 2.24) is 5.32 Å². The number of rotatable bonds is 69. The highest BCUT2D eigenvalue weighted by Crippen LogP contribution is 2.19. The summed E-state index contributed by atoms with van der Waals surface area (Å²) in [7, 11) is 0. The van der Waals surface area contributed by atoms with Gasteiger partial charge in [0.1, 0.15) is 0 Å². The Morgan fingerprint density at radius 3 is 0.877 bits per heavy atom. The van der Waals surface area contributed by atoms with Crippen LogP contribution < -0.4 is 5.32 Å². The molecule has 0 bridgehead atoms. The van der Waals surface area contributed by atoms with Gasteiger partial charge in [0.2, 0.25) is 5.91 Å². The van der Waals surface area contributed by atoms with Gasteiger partial charge in [0.25, 0.3) is 0 Å². The van der Waals surface area contributed by atoms with Gasteiger partial charge in [-0.3, -0.25) is 9.59 Å². The number of allylic oxidation sites excluding steroid dienone is 5. The molecule has 2 atom stereocenters. The van der Waals surface area contributed by atoms with Crippen molar-refractivity contribution in [2.75, 3.05) is 13.2 Å². The summed E-state index contributed by atoms with van der Waals surface area (Å²) in [4.78, 5) is 24.6. The first-order chi connectivity index (χ1) is 40.0. The van der Waals surface area contributed by atoms with E-state index in [-0.39, 0.29) is 18.5 Å². The van der Waals surface area contributed by atoms with Crippen LogP contribution in [0.5, 0.6) is 0 Å². The molecule has 0 aliphatic carbocycles. The fourth-order valence-electron chi connectivity index (χ4n) is 11.5. The third-order valence-corrected chi connectivity index (χ3v) is 17.1. The van der Waals surface area contributed by atoms with E-state index in [9.17, 15) is 19.8 Å². The Labute approximate surface area is 506 Å². The quantitative estimate of drug-likeness (QED) is 0.0320. The fraction of sp³-hybridized carbons (Fsp3) is 0.893. The molecule has 0 aliphatic heterocycles. The van der Waals surface area contributed by atoms with Crippen LogP contribution in [0.3, 0.4) is 0 Å². The van der Waals surface area contributed by atoms with Gasteiger partial charge in [0, 0.05) is 12.8 Å². The second kappa shape index (κ2) is 70.6. The summed E-state index contributed by atoms with van der Waals surface area (Å²) < 4.78 is 5.50. The van der Waals surface area contributed by atoms with Crippen molar-refractivity contribution >= 4 is 11.9 Å². The molecular weight excluding hydrogens is 995 g/mol. The van der Waals surface area contributed by atoms with Gasteiger partial charge in [-0.05, 0) is 83.5 Å². The highest BCUT2D eigenvalue weighted by molar-refractivity contribution is 5.76. The molecule has 0 saturated heterocycles. The summed E-state index contributed by atoms with van der Waals surface area (Å²) in [6.45, 7) is 4.93. The maximum atomic E-state index is 12.5. The van der Waals surface area contributed by atoms with Crippen LogP contribution >= 0.6 is 0 Å². The van der Waals surface area contributed by atoms with E-state index in [0.29, 0.717) is 19.4 Å². The molecule has 2 unspecified atom stereocenters. The molecule has 0 saturated carbocycles. The molecule has 0 aromatic carbocycles. The summed E-state index contributed by atoms with van der Waals surface area (Å²) in [5.41, 5.74) is 0. The topological polar surface area (TPSA) is 95.9 Å². The molecule has 0 aliphatic rings. The van der Waals surface area contributed by atoms with Gasteiger partial charge in [-0.1, -0.05) is 346 Å². The van der Waals surface area contributed by atoms with Gasteiger partial charge >= 0.3 is 5.97 Å². The lowest BCUT2D eigenvalue weighted by atomic mass is 10.0. The van der Waals surface area contributed by atoms with Gasteiger partial charge in [0.15, 0.2) is 0 Å². The van der Waals surface area contributed by atoms with E-state index in [0.717, 1.165) is 44.9 Å². The van der Waals surface area contributed by atoms with Crippen molar-refractivity contribution in [2.24, 2.45) is 0 Å². The zero-order chi connectivity index (χ0) is 58.5. The predicted octanol–water partition coefficient (Wildman–Crippen LogP) is 23.9. The first-order valence-corrected chi connectivity index (χ1v) is 36.8. The largest absolute Gasteiger partial charge is 0.466 e. The molecule has 478 valence electrons. The number of ether oxygens (including phenoxy) is 1. The van der Waals surface area contributed by atoms with Crippen LogP contribution in [0.2, 0.25) is 0 Å². The number of aliphatic hydroxyl groups excluding tert-OH is 2. The number of carbonyl (C=O) groups is 2. The van der Waals surface area contributed by atoms with Gasteiger partial charge < -0.3 is 20.3 Å². The van der Waals surface area contributed by atoms with Crippen LogP contribution in [0.15, 0.2) is 36.5 Å². The van der Waals surface area contributed by atoms with Crippen LogP contribution in [-0.2, 0) is 14.3 Å². The van der Waals surface area contributed by atoms with E-state index >= 15 is 0 Å². The second-order valence-electron chi connectivity index (χ2n) is 25.3. The maximum absolute atomic E-state index is 12.5. The van der Waals surface area contributed by atoms with Crippen molar-refractivity contribution in [3.8, 4) is 0 Å². The highest BCUT2D eigenvalue weighted by atomic mass is 16.5. The third kappa shape index (κ3) is 67.1. The zero-order valence-corrected chi connectivity index (χ0v) is 54.8. The smallest absolute Gasteiger partial charge is 0.305 e. The number of hydrogen-bond acceptors (Lipinski definition) is 5. The van der Waals surface area contributed by atoms with E-state index in [2.05, 4.69) is 43.5 Å². The van der Waals surface area contributed by atoms with E-state index < -0.39 is 12.1 Å². The molecule has 81 heavy (non-hydrogen) atoms. The molecule has 0 spiro atoms. The van der Waals surface area contributed by atoms with E-state index in [1.54, 1.807) is 6.08 Å². The van der Waals surface area contributed by atoms with Crippen LogP contribution in [0.25, 0.3) is 0 Å². The maximum Gasteiger partial charge on any atom is 0.305 e. The summed E-state index contributed by atoms with van der Waals surface area (Å²) in [5.74, 6) is -0.0517. The van der Waals surface area contributed by atoms with E-state index in [4.69, 9.17) is 4.74 Å². The Morgan fingerprint density at radius 2 is 0.580 bits per heavy atom. The molecule has 6 heteroatoms. The summed E-state index contributed by atoms with van der Waals surface area (Å²) in [5, 5.41) is 23.2. The number of amides is 1. The minimum atomic E-state index is -0.843. The van der Waals surface area contributed by atoms with Gasteiger partial charge in [-0.25, -0.2) is 0 Å². The van der Waals surface area contributed by atoms with Crippen molar-refractivity contribution in [1.29, 1.82) is 0 Å². The Hall–Kier alpha value is -1.92. The molecular formula is C75H143NO5. The monoisotopic (exact) mass is 1140 g/mol. The highest BCUT2D eigenvalue weighted by Gasteiger charge is 2.18. The van der Waals surface area contributed by atoms with Crippen molar-refractivity contribution in [3.05, 3.63) is 36.5 Å². The number of aliphatic hydroxyl groups is 2. The van der Waals surface area contributed by atoms with Gasteiger partial charge in [0.05, 0.1) is 25.4 Å². The molecule has 0 rings (SSSR count). The predicted molar refractivity (Wildman–Crippen MR) is 356 cm³/mol. The Bertz CT molecular complexity index is 1310. The molecule has 1 amide bonds. The molecule has 6 nitrogen and oxygen atoms in total. The molecule has 0 radical (unpaired) electrons. The number of esters is 1. The van der Waals surface area contributed by atoms with Crippen LogP contribution in [-0.4, -0.2) is 47.4 Å². The SMILES string of the molecule is CCCCCCCCC/C=C\CCCCCCCC(=O)OCCCCCCCCCCCCCC/C=C\CCCCCCCCCCCCCCCCCCC(=O)NC(CO)C(O)/C=C/CCCCCCCCCCCCCCCC. The number of hydrogen-bond donors (Lipinski definition) is 3. The fourth-order valence-corrected chi connectivity index (χ4v) is 11.5. The second-order valence-corrected chi connectivity index (χ2v) is 25.3. The zero-order valence-electron chi connectivity index (χ0n) is 54.8. The number of nitrogens with one attached hydrogen (secondary N) is 1. The van der Waals surface area contributed by atoms with Gasteiger partial charge in [-0.2, -0.15) is 0 Å².